The summed E-state index contributed by atoms with van der Waals surface area (Å²) in [7, 11) is 0. The second kappa shape index (κ2) is 7.27. The van der Waals surface area contributed by atoms with Crippen LogP contribution in [0.25, 0.3) is 0 Å². The van der Waals surface area contributed by atoms with Gasteiger partial charge in [-0.1, -0.05) is 60.1 Å². The highest BCUT2D eigenvalue weighted by Gasteiger charge is 2.60. The number of hydrogen-bond acceptors (Lipinski definition) is 4. The molecule has 3 aromatic rings. The van der Waals surface area contributed by atoms with Crippen molar-refractivity contribution in [2.24, 2.45) is 5.92 Å². The summed E-state index contributed by atoms with van der Waals surface area (Å²) in [5.74, 6) is -1.33. The van der Waals surface area contributed by atoms with Crippen molar-refractivity contribution in [1.29, 1.82) is 0 Å². The molecule has 0 radical (unpaired) electrons. The van der Waals surface area contributed by atoms with E-state index in [9.17, 15) is 9.59 Å². The summed E-state index contributed by atoms with van der Waals surface area (Å²) < 4.78 is 0. The summed E-state index contributed by atoms with van der Waals surface area (Å²) in [6.07, 6.45) is -0.903. The maximum atomic E-state index is 13.5. The summed E-state index contributed by atoms with van der Waals surface area (Å²) in [5, 5.41) is 2.18. The highest BCUT2D eigenvalue weighted by Crippen LogP contribution is 2.48. The van der Waals surface area contributed by atoms with Crippen LogP contribution in [0.1, 0.15) is 17.2 Å². The predicted molar refractivity (Wildman–Crippen MR) is 115 cm³/mol. The van der Waals surface area contributed by atoms with Crippen molar-refractivity contribution in [2.75, 3.05) is 9.96 Å². The molecule has 6 heteroatoms. The normalized spacial score (nSPS) is 23.2. The molecule has 2 amide bonds. The lowest BCUT2D eigenvalue weighted by Gasteiger charge is -2.29. The molecule has 0 spiro atoms. The molecule has 2 aliphatic heterocycles. The number of nitrogens with zero attached hydrogens (tertiary/aromatic N) is 2. The van der Waals surface area contributed by atoms with Crippen LogP contribution in [0.3, 0.4) is 0 Å². The van der Waals surface area contributed by atoms with Crippen LogP contribution in [0.15, 0.2) is 78.9 Å². The number of carbonyl (C=O) groups is 2. The van der Waals surface area contributed by atoms with Crippen molar-refractivity contribution >= 4 is 34.8 Å². The van der Waals surface area contributed by atoms with Crippen LogP contribution < -0.4 is 9.96 Å². The van der Waals surface area contributed by atoms with Crippen LogP contribution in [0, 0.1) is 12.8 Å². The third-order valence-electron chi connectivity index (χ3n) is 5.61. The maximum absolute atomic E-state index is 13.5. The van der Waals surface area contributed by atoms with E-state index in [1.807, 2.05) is 73.7 Å². The Morgan fingerprint density at radius 1 is 0.833 bits per heavy atom. The molecule has 0 aromatic heterocycles. The van der Waals surface area contributed by atoms with E-state index in [2.05, 4.69) is 0 Å². The van der Waals surface area contributed by atoms with Gasteiger partial charge in [0.15, 0.2) is 6.10 Å². The van der Waals surface area contributed by atoms with Gasteiger partial charge in [-0.3, -0.25) is 14.4 Å². The topological polar surface area (TPSA) is 49.9 Å². The van der Waals surface area contributed by atoms with E-state index in [1.165, 1.54) is 4.90 Å². The van der Waals surface area contributed by atoms with Crippen LogP contribution >= 0.6 is 11.6 Å². The van der Waals surface area contributed by atoms with Gasteiger partial charge in [-0.05, 0) is 48.4 Å². The Bertz CT molecular complexity index is 1130. The van der Waals surface area contributed by atoms with Gasteiger partial charge in [-0.2, -0.15) is 0 Å². The third kappa shape index (κ3) is 2.90. The summed E-state index contributed by atoms with van der Waals surface area (Å²) in [6, 6.07) is 23.7. The number of fused-ring (bicyclic) bond motifs is 1. The van der Waals surface area contributed by atoms with E-state index < -0.39 is 18.1 Å². The summed E-state index contributed by atoms with van der Waals surface area (Å²) in [5.41, 5.74) is 3.05. The van der Waals surface area contributed by atoms with Crippen LogP contribution in [0.2, 0.25) is 5.02 Å². The first kappa shape index (κ1) is 18.9. The largest absolute Gasteiger partial charge is 0.273 e. The molecule has 0 saturated carbocycles. The first-order chi connectivity index (χ1) is 14.6. The molecule has 0 aliphatic carbocycles. The fourth-order valence-electron chi connectivity index (χ4n) is 4.27. The molecule has 3 atom stereocenters. The Morgan fingerprint density at radius 2 is 1.53 bits per heavy atom. The highest BCUT2D eigenvalue weighted by atomic mass is 35.5. The van der Waals surface area contributed by atoms with Crippen LogP contribution in [0.4, 0.5) is 11.4 Å². The quantitative estimate of drug-likeness (QED) is 0.578. The minimum absolute atomic E-state index is 0.279. The molecule has 5 nitrogen and oxygen atoms in total. The van der Waals surface area contributed by atoms with Gasteiger partial charge in [0.05, 0.1) is 17.4 Å². The number of halogens is 1. The zero-order valence-corrected chi connectivity index (χ0v) is 17.0. The summed E-state index contributed by atoms with van der Waals surface area (Å²) in [6.45, 7) is 1.93. The molecule has 30 heavy (non-hydrogen) atoms. The monoisotopic (exact) mass is 418 g/mol. The molecule has 5 rings (SSSR count). The van der Waals surface area contributed by atoms with Crippen molar-refractivity contribution in [2.45, 2.75) is 19.1 Å². The van der Waals surface area contributed by atoms with Crippen LogP contribution in [-0.2, 0) is 14.4 Å². The zero-order chi connectivity index (χ0) is 20.8. The lowest BCUT2D eigenvalue weighted by Crippen LogP contribution is -2.37. The molecular weight excluding hydrogens is 400 g/mol. The Labute approximate surface area is 179 Å². The van der Waals surface area contributed by atoms with Crippen LogP contribution in [0.5, 0.6) is 0 Å². The fourth-order valence-corrected chi connectivity index (χ4v) is 4.51. The van der Waals surface area contributed by atoms with E-state index in [0.717, 1.165) is 16.8 Å². The van der Waals surface area contributed by atoms with Crippen molar-refractivity contribution in [3.05, 3.63) is 95.0 Å². The molecule has 2 saturated heterocycles. The summed E-state index contributed by atoms with van der Waals surface area (Å²) in [4.78, 5) is 34.2. The third-order valence-corrected chi connectivity index (χ3v) is 5.95. The van der Waals surface area contributed by atoms with Gasteiger partial charge in [-0.25, -0.2) is 9.96 Å². The second-order valence-electron chi connectivity index (χ2n) is 7.53. The van der Waals surface area contributed by atoms with Gasteiger partial charge in [0.25, 0.3) is 5.91 Å². The average Bonchev–Trinajstić information content (AvgIpc) is 3.25. The Hall–Kier alpha value is -3.15. The van der Waals surface area contributed by atoms with Gasteiger partial charge in [0.1, 0.15) is 5.92 Å². The number of anilines is 2. The van der Waals surface area contributed by atoms with Crippen molar-refractivity contribution in [3.63, 3.8) is 0 Å². The first-order valence-corrected chi connectivity index (χ1v) is 10.1. The number of para-hydroxylation sites is 1. The van der Waals surface area contributed by atoms with Crippen molar-refractivity contribution in [1.82, 2.24) is 0 Å². The fraction of sp³-hybridized carbons (Fsp3) is 0.167. The molecule has 0 unspecified atom stereocenters. The second-order valence-corrected chi connectivity index (χ2v) is 7.94. The van der Waals surface area contributed by atoms with E-state index in [1.54, 1.807) is 17.2 Å². The van der Waals surface area contributed by atoms with E-state index in [4.69, 9.17) is 16.4 Å². The number of hydroxylamine groups is 1. The minimum atomic E-state index is -0.903. The molecular formula is C24H19ClN2O3. The lowest BCUT2D eigenvalue weighted by molar-refractivity contribution is -0.126. The average molecular weight is 419 g/mol. The predicted octanol–water partition coefficient (Wildman–Crippen LogP) is 4.70. The number of benzene rings is 3. The van der Waals surface area contributed by atoms with Gasteiger partial charge in [-0.15, -0.1) is 0 Å². The number of imide groups is 1. The number of rotatable bonds is 3. The lowest BCUT2D eigenvalue weighted by atomic mass is 9.90. The Morgan fingerprint density at radius 3 is 2.27 bits per heavy atom. The minimum Gasteiger partial charge on any atom is -0.273 e. The molecule has 150 valence electrons. The van der Waals surface area contributed by atoms with Crippen molar-refractivity contribution in [3.8, 4) is 0 Å². The van der Waals surface area contributed by atoms with Gasteiger partial charge in [0, 0.05) is 5.02 Å². The number of amides is 2. The molecule has 2 fully saturated rings. The van der Waals surface area contributed by atoms with E-state index in [0.29, 0.717) is 10.7 Å². The standard InChI is InChI=1S/C24H19ClN2O3/c1-15-8-7-11-17(14-15)26-23(28)20-21(18-12-5-6-13-19(18)25)27(30-22(20)24(26)29)16-9-3-2-4-10-16/h2-14,20-22H,1H3/t20-,21+,22+/m1/s1. The summed E-state index contributed by atoms with van der Waals surface area (Å²) >= 11 is 6.51. The smallest absolute Gasteiger partial charge is 0.266 e. The SMILES string of the molecule is Cc1cccc(N2C(=O)[C@H]3[C@H](ON(c4ccccc4)[C@H]3c3ccccc3Cl)C2=O)c1. The number of carbonyl (C=O) groups excluding carboxylic acids is 2. The van der Waals surface area contributed by atoms with Gasteiger partial charge < -0.3 is 0 Å². The molecule has 0 N–H and O–H groups in total. The maximum Gasteiger partial charge on any atom is 0.266 e. The van der Waals surface area contributed by atoms with Crippen LogP contribution in [-0.4, -0.2) is 17.9 Å². The van der Waals surface area contributed by atoms with Crippen molar-refractivity contribution < 1.29 is 14.4 Å². The molecule has 2 aliphatic rings. The Kier molecular flexibility index (Phi) is 4.57. The van der Waals surface area contributed by atoms with E-state index in [-0.39, 0.29) is 11.8 Å². The Balaban J connectivity index is 1.61. The van der Waals surface area contributed by atoms with Gasteiger partial charge >= 0.3 is 0 Å². The highest BCUT2D eigenvalue weighted by molar-refractivity contribution is 6.31. The zero-order valence-electron chi connectivity index (χ0n) is 16.2. The first-order valence-electron chi connectivity index (χ1n) is 9.76. The molecule has 2 heterocycles. The van der Waals surface area contributed by atoms with Gasteiger partial charge in [0.2, 0.25) is 5.91 Å². The van der Waals surface area contributed by atoms with E-state index >= 15 is 0 Å². The number of hydrogen-bond donors (Lipinski definition) is 0. The number of aryl methyl sites for hydroxylation is 1. The molecule has 3 aromatic carbocycles. The molecule has 0 bridgehead atoms.